The van der Waals surface area contributed by atoms with E-state index in [1.165, 1.54) is 0 Å². The monoisotopic (exact) mass is 351 g/mol. The lowest BCUT2D eigenvalue weighted by Gasteiger charge is -2.07. The summed E-state index contributed by atoms with van der Waals surface area (Å²) in [6.07, 6.45) is 0. The zero-order valence-electron chi connectivity index (χ0n) is 10.4. The fourth-order valence-electron chi connectivity index (χ4n) is 1.65. The van der Waals surface area contributed by atoms with Gasteiger partial charge in [0.2, 0.25) is 0 Å². The summed E-state index contributed by atoms with van der Waals surface area (Å²) < 4.78 is 0.751. The van der Waals surface area contributed by atoms with Gasteiger partial charge in [-0.2, -0.15) is 0 Å². The van der Waals surface area contributed by atoms with Crippen LogP contribution in [0.15, 0.2) is 53.0 Å². The van der Waals surface area contributed by atoms with E-state index in [-0.39, 0.29) is 18.2 Å². The highest BCUT2D eigenvalue weighted by Crippen LogP contribution is 2.20. The molecule has 1 N–H and O–H groups in total. The molecule has 0 aliphatic carbocycles. The molecule has 1 amide bonds. The Kier molecular flexibility index (Phi) is 4.93. The Balaban J connectivity index is 2.02. The van der Waals surface area contributed by atoms with Gasteiger partial charge in [-0.1, -0.05) is 57.9 Å². The second-order valence-electron chi connectivity index (χ2n) is 4.10. The molecule has 0 spiro atoms. The summed E-state index contributed by atoms with van der Waals surface area (Å²) in [5, 5.41) is 2.92. The molecule has 102 valence electrons. The molecule has 0 unspecified atom stereocenters. The Morgan fingerprint density at radius 1 is 1.10 bits per heavy atom. The molecule has 0 aliphatic rings. The molecule has 0 atom stereocenters. The zero-order valence-corrected chi connectivity index (χ0v) is 12.7. The van der Waals surface area contributed by atoms with Crippen LogP contribution in [0, 0.1) is 0 Å². The molecule has 2 aromatic rings. The van der Waals surface area contributed by atoms with Crippen molar-refractivity contribution in [1.82, 2.24) is 5.32 Å². The maximum atomic E-state index is 12.0. The Labute approximate surface area is 130 Å². The van der Waals surface area contributed by atoms with Crippen LogP contribution in [0.5, 0.6) is 0 Å². The third-order valence-corrected chi connectivity index (χ3v) is 3.50. The quantitative estimate of drug-likeness (QED) is 0.853. The number of carbonyl (C=O) groups excluding carboxylic acids is 2. The van der Waals surface area contributed by atoms with E-state index in [0.29, 0.717) is 16.1 Å². The minimum Gasteiger partial charge on any atom is -0.345 e. The third kappa shape index (κ3) is 3.68. The summed E-state index contributed by atoms with van der Waals surface area (Å²) in [5.41, 5.74) is 0.898. The molecule has 0 saturated carbocycles. The van der Waals surface area contributed by atoms with E-state index < -0.39 is 0 Å². The fraction of sp³-hybridized carbons (Fsp3) is 0.0667. The molecular weight excluding hydrogens is 342 g/mol. The standard InChI is InChI=1S/C15H11BrClNO2/c16-11-6-7-13(17)12(8-11)15(20)18-9-14(19)10-4-2-1-3-5-10/h1-8H,9H2,(H,18,20). The highest BCUT2D eigenvalue weighted by molar-refractivity contribution is 9.10. The predicted octanol–water partition coefficient (Wildman–Crippen LogP) is 3.72. The number of Topliss-reactive ketones (excluding diaryl/α,β-unsaturated/α-hetero) is 1. The van der Waals surface area contributed by atoms with E-state index in [0.717, 1.165) is 4.47 Å². The average molecular weight is 353 g/mol. The lowest BCUT2D eigenvalue weighted by atomic mass is 10.1. The summed E-state index contributed by atoms with van der Waals surface area (Å²) in [4.78, 5) is 23.9. The van der Waals surface area contributed by atoms with Gasteiger partial charge >= 0.3 is 0 Å². The van der Waals surface area contributed by atoms with Crippen LogP contribution in [0.2, 0.25) is 5.02 Å². The molecule has 5 heteroatoms. The van der Waals surface area contributed by atoms with E-state index in [1.807, 2.05) is 6.07 Å². The van der Waals surface area contributed by atoms with Crippen LogP contribution < -0.4 is 5.32 Å². The Hall–Kier alpha value is -1.65. The average Bonchev–Trinajstić information content (AvgIpc) is 2.47. The van der Waals surface area contributed by atoms with Crippen molar-refractivity contribution in [2.75, 3.05) is 6.54 Å². The van der Waals surface area contributed by atoms with Crippen molar-refractivity contribution in [2.45, 2.75) is 0 Å². The molecule has 2 rings (SSSR count). The number of halogens is 2. The smallest absolute Gasteiger partial charge is 0.253 e. The van der Waals surface area contributed by atoms with Crippen molar-refractivity contribution in [1.29, 1.82) is 0 Å². The Morgan fingerprint density at radius 3 is 2.50 bits per heavy atom. The van der Waals surface area contributed by atoms with Gasteiger partial charge in [0.25, 0.3) is 5.91 Å². The second kappa shape index (κ2) is 6.68. The van der Waals surface area contributed by atoms with Crippen LogP contribution in [0.4, 0.5) is 0 Å². The van der Waals surface area contributed by atoms with Crippen molar-refractivity contribution in [3.63, 3.8) is 0 Å². The van der Waals surface area contributed by atoms with E-state index in [1.54, 1.807) is 42.5 Å². The minimum atomic E-state index is -0.374. The summed E-state index contributed by atoms with van der Waals surface area (Å²) in [5.74, 6) is -0.523. The molecule has 0 heterocycles. The predicted molar refractivity (Wildman–Crippen MR) is 82.3 cm³/mol. The first-order valence-electron chi connectivity index (χ1n) is 5.89. The van der Waals surface area contributed by atoms with Crippen molar-refractivity contribution < 1.29 is 9.59 Å². The molecular formula is C15H11BrClNO2. The number of hydrogen-bond acceptors (Lipinski definition) is 2. The maximum Gasteiger partial charge on any atom is 0.253 e. The lowest BCUT2D eigenvalue weighted by Crippen LogP contribution is -2.29. The van der Waals surface area contributed by atoms with Gasteiger partial charge in [0.05, 0.1) is 17.1 Å². The van der Waals surface area contributed by atoms with Crippen LogP contribution in [0.25, 0.3) is 0 Å². The number of amides is 1. The van der Waals surface area contributed by atoms with Gasteiger partial charge in [-0.15, -0.1) is 0 Å². The van der Waals surface area contributed by atoms with Crippen molar-refractivity contribution in [2.24, 2.45) is 0 Å². The van der Waals surface area contributed by atoms with Crippen molar-refractivity contribution in [3.8, 4) is 0 Å². The third-order valence-electron chi connectivity index (χ3n) is 2.68. The van der Waals surface area contributed by atoms with E-state index >= 15 is 0 Å². The highest BCUT2D eigenvalue weighted by atomic mass is 79.9. The number of ketones is 1. The Bertz CT molecular complexity index is 644. The normalized spacial score (nSPS) is 10.1. The van der Waals surface area contributed by atoms with Gasteiger partial charge in [-0.3, -0.25) is 9.59 Å². The largest absolute Gasteiger partial charge is 0.345 e. The molecule has 0 fully saturated rings. The molecule has 20 heavy (non-hydrogen) atoms. The number of benzene rings is 2. The van der Waals surface area contributed by atoms with Crippen molar-refractivity contribution >= 4 is 39.2 Å². The van der Waals surface area contributed by atoms with Crippen LogP contribution in [0.1, 0.15) is 20.7 Å². The van der Waals surface area contributed by atoms with Crippen LogP contribution >= 0.6 is 27.5 Å². The maximum absolute atomic E-state index is 12.0. The molecule has 0 aliphatic heterocycles. The van der Waals surface area contributed by atoms with Gasteiger partial charge in [0.1, 0.15) is 0 Å². The van der Waals surface area contributed by atoms with E-state index in [2.05, 4.69) is 21.2 Å². The van der Waals surface area contributed by atoms with Gasteiger partial charge < -0.3 is 5.32 Å². The first-order valence-corrected chi connectivity index (χ1v) is 7.06. The van der Waals surface area contributed by atoms with Crippen LogP contribution in [-0.4, -0.2) is 18.2 Å². The zero-order chi connectivity index (χ0) is 14.5. The molecule has 2 aromatic carbocycles. The molecule has 0 aromatic heterocycles. The molecule has 3 nitrogen and oxygen atoms in total. The van der Waals surface area contributed by atoms with E-state index in [4.69, 9.17) is 11.6 Å². The first kappa shape index (κ1) is 14.8. The molecule has 0 radical (unpaired) electrons. The topological polar surface area (TPSA) is 46.2 Å². The summed E-state index contributed by atoms with van der Waals surface area (Å²) in [7, 11) is 0. The van der Waals surface area contributed by atoms with Crippen LogP contribution in [-0.2, 0) is 0 Å². The summed E-state index contributed by atoms with van der Waals surface area (Å²) in [6, 6.07) is 13.8. The van der Waals surface area contributed by atoms with E-state index in [9.17, 15) is 9.59 Å². The second-order valence-corrected chi connectivity index (χ2v) is 5.42. The number of nitrogens with one attached hydrogen (secondary N) is 1. The molecule has 0 saturated heterocycles. The number of hydrogen-bond donors (Lipinski definition) is 1. The number of rotatable bonds is 4. The van der Waals surface area contributed by atoms with Gasteiger partial charge in [-0.25, -0.2) is 0 Å². The lowest BCUT2D eigenvalue weighted by molar-refractivity contribution is 0.0904. The first-order chi connectivity index (χ1) is 9.58. The summed E-state index contributed by atoms with van der Waals surface area (Å²) >= 11 is 9.23. The number of carbonyl (C=O) groups is 2. The fourth-order valence-corrected chi connectivity index (χ4v) is 2.22. The minimum absolute atomic E-state index is 0.0638. The van der Waals surface area contributed by atoms with Gasteiger partial charge in [0.15, 0.2) is 5.78 Å². The van der Waals surface area contributed by atoms with Gasteiger partial charge in [-0.05, 0) is 18.2 Å². The SMILES string of the molecule is O=C(CNC(=O)c1cc(Br)ccc1Cl)c1ccccc1. The van der Waals surface area contributed by atoms with Crippen LogP contribution in [0.3, 0.4) is 0 Å². The van der Waals surface area contributed by atoms with Crippen molar-refractivity contribution in [3.05, 3.63) is 69.2 Å². The van der Waals surface area contributed by atoms with Gasteiger partial charge in [0, 0.05) is 10.0 Å². The molecule has 0 bridgehead atoms. The Morgan fingerprint density at radius 2 is 1.80 bits per heavy atom. The highest BCUT2D eigenvalue weighted by Gasteiger charge is 2.12. The summed E-state index contributed by atoms with van der Waals surface area (Å²) in [6.45, 7) is -0.0638.